The van der Waals surface area contributed by atoms with Crippen LogP contribution in [0.1, 0.15) is 11.5 Å². The molecule has 1 atom stereocenters. The van der Waals surface area contributed by atoms with Gasteiger partial charge < -0.3 is 9.90 Å². The van der Waals surface area contributed by atoms with Crippen LogP contribution in [0.3, 0.4) is 0 Å². The number of hydrogen-bond acceptors (Lipinski definition) is 4. The number of aliphatic carboxylic acids is 1. The molecule has 0 radical (unpaired) electrons. The third-order valence-electron chi connectivity index (χ3n) is 1.87. The van der Waals surface area contributed by atoms with Gasteiger partial charge in [0.15, 0.2) is 0 Å². The van der Waals surface area contributed by atoms with Gasteiger partial charge >= 0.3 is 5.97 Å². The molecule has 0 heterocycles. The number of carboxylic acid groups (broad SMARTS) is 1. The van der Waals surface area contributed by atoms with E-state index in [9.17, 15) is 19.7 Å². The maximum Gasteiger partial charge on any atom is 0.318 e. The molecule has 0 bridgehead atoms. The Bertz CT molecular complexity index is 397. The summed E-state index contributed by atoms with van der Waals surface area (Å²) >= 11 is 0. The van der Waals surface area contributed by atoms with Gasteiger partial charge in [0.2, 0.25) is 0 Å². The van der Waals surface area contributed by atoms with Gasteiger partial charge in [-0.25, -0.2) is 0 Å². The molecule has 0 fully saturated rings. The lowest BCUT2D eigenvalue weighted by molar-refractivity contribution is -0.384. The number of non-ortho nitro benzene ring substituents is 1. The lowest BCUT2D eigenvalue weighted by Crippen LogP contribution is -2.12. The average Bonchev–Trinajstić information content (AvgIpc) is 2.19. The van der Waals surface area contributed by atoms with Crippen LogP contribution in [0.2, 0.25) is 0 Å². The van der Waals surface area contributed by atoms with E-state index in [1.807, 2.05) is 0 Å². The number of carbonyl (C=O) groups is 2. The Balaban J connectivity index is 3.02. The van der Waals surface area contributed by atoms with E-state index in [4.69, 9.17) is 5.11 Å². The smallest absolute Gasteiger partial charge is 0.318 e. The van der Waals surface area contributed by atoms with Crippen LogP contribution in [-0.2, 0) is 9.59 Å². The molecule has 0 amide bonds. The second-order valence-corrected chi connectivity index (χ2v) is 2.80. The molecule has 6 heteroatoms. The molecule has 1 N–H and O–H groups in total. The number of nitrogens with zero attached hydrogens (tertiary/aromatic N) is 1. The van der Waals surface area contributed by atoms with Gasteiger partial charge in [0.1, 0.15) is 12.2 Å². The van der Waals surface area contributed by atoms with Crippen molar-refractivity contribution >= 4 is 17.9 Å². The van der Waals surface area contributed by atoms with Crippen molar-refractivity contribution in [1.82, 2.24) is 0 Å². The molecule has 1 unspecified atom stereocenters. The summed E-state index contributed by atoms with van der Waals surface area (Å²) in [6.45, 7) is 0. The highest BCUT2D eigenvalue weighted by Gasteiger charge is 2.19. The van der Waals surface area contributed by atoms with Crippen molar-refractivity contribution in [2.24, 2.45) is 0 Å². The van der Waals surface area contributed by atoms with Crippen LogP contribution in [0.15, 0.2) is 24.3 Å². The molecule has 0 aromatic heterocycles. The molecule has 0 saturated carbocycles. The number of aldehydes is 1. The first-order valence-electron chi connectivity index (χ1n) is 3.98. The molecule has 0 aliphatic heterocycles. The third-order valence-corrected chi connectivity index (χ3v) is 1.87. The minimum absolute atomic E-state index is 0.145. The van der Waals surface area contributed by atoms with E-state index in [0.717, 1.165) is 12.1 Å². The molecule has 78 valence electrons. The fraction of sp³-hybridized carbons (Fsp3) is 0.111. The van der Waals surface area contributed by atoms with E-state index in [1.165, 1.54) is 12.1 Å². The predicted octanol–water partition coefficient (Wildman–Crippen LogP) is 0.962. The van der Waals surface area contributed by atoms with Gasteiger partial charge in [-0.15, -0.1) is 0 Å². The first-order chi connectivity index (χ1) is 7.06. The third kappa shape index (κ3) is 2.37. The summed E-state index contributed by atoms with van der Waals surface area (Å²) in [5.41, 5.74) is 0.0805. The number of hydrogen-bond donors (Lipinski definition) is 1. The largest absolute Gasteiger partial charge is 0.480 e. The van der Waals surface area contributed by atoms with Gasteiger partial charge in [-0.2, -0.15) is 0 Å². The lowest BCUT2D eigenvalue weighted by Gasteiger charge is -2.03. The summed E-state index contributed by atoms with van der Waals surface area (Å²) < 4.78 is 0. The number of benzene rings is 1. The maximum absolute atomic E-state index is 10.6. The highest BCUT2D eigenvalue weighted by atomic mass is 16.6. The zero-order valence-corrected chi connectivity index (χ0v) is 7.49. The van der Waals surface area contributed by atoms with Gasteiger partial charge in [-0.3, -0.25) is 14.9 Å². The van der Waals surface area contributed by atoms with E-state index < -0.39 is 16.8 Å². The Kier molecular flexibility index (Phi) is 3.12. The topological polar surface area (TPSA) is 97.5 Å². The van der Waals surface area contributed by atoms with Crippen molar-refractivity contribution in [3.05, 3.63) is 39.9 Å². The Morgan fingerprint density at radius 1 is 1.40 bits per heavy atom. The second kappa shape index (κ2) is 4.32. The zero-order valence-electron chi connectivity index (χ0n) is 7.49. The van der Waals surface area contributed by atoms with Gasteiger partial charge in [0.25, 0.3) is 5.69 Å². The molecule has 0 aliphatic carbocycles. The first kappa shape index (κ1) is 10.8. The van der Waals surface area contributed by atoms with Crippen molar-refractivity contribution in [3.63, 3.8) is 0 Å². The van der Waals surface area contributed by atoms with Crippen LogP contribution in [0.4, 0.5) is 5.69 Å². The van der Waals surface area contributed by atoms with Crippen LogP contribution < -0.4 is 0 Å². The summed E-state index contributed by atoms with van der Waals surface area (Å²) in [6, 6.07) is 4.83. The Morgan fingerprint density at radius 2 is 1.93 bits per heavy atom. The highest BCUT2D eigenvalue weighted by molar-refractivity contribution is 5.92. The molecule has 0 saturated heterocycles. The average molecular weight is 209 g/mol. The number of carbonyl (C=O) groups excluding carboxylic acids is 1. The van der Waals surface area contributed by atoms with Crippen molar-refractivity contribution in [3.8, 4) is 0 Å². The van der Waals surface area contributed by atoms with Crippen LogP contribution in [0.5, 0.6) is 0 Å². The van der Waals surface area contributed by atoms with Crippen molar-refractivity contribution in [2.45, 2.75) is 5.92 Å². The highest BCUT2D eigenvalue weighted by Crippen LogP contribution is 2.18. The summed E-state index contributed by atoms with van der Waals surface area (Å²) in [5, 5.41) is 18.9. The molecular formula is C9H7NO5. The molecule has 1 aromatic rings. The van der Waals surface area contributed by atoms with Gasteiger partial charge in [-0.05, 0) is 5.56 Å². The molecule has 6 nitrogen and oxygen atoms in total. The van der Waals surface area contributed by atoms with Crippen molar-refractivity contribution < 1.29 is 19.6 Å². The number of rotatable bonds is 4. The van der Waals surface area contributed by atoms with Crippen molar-refractivity contribution in [2.75, 3.05) is 0 Å². The normalized spacial score (nSPS) is 11.7. The van der Waals surface area contributed by atoms with E-state index in [0.29, 0.717) is 0 Å². The predicted molar refractivity (Wildman–Crippen MR) is 49.5 cm³/mol. The first-order valence-corrected chi connectivity index (χ1v) is 3.98. The van der Waals surface area contributed by atoms with E-state index in [-0.39, 0.29) is 17.5 Å². The molecule has 0 spiro atoms. The van der Waals surface area contributed by atoms with Crippen LogP contribution in [-0.4, -0.2) is 22.3 Å². The molecule has 0 aliphatic rings. The standard InChI is InChI=1S/C9H7NO5/c11-5-8(9(12)13)6-1-3-7(4-2-6)10(14)15/h1-5,8H,(H,12,13). The molecule has 1 aromatic carbocycles. The van der Waals surface area contributed by atoms with Crippen LogP contribution in [0.25, 0.3) is 0 Å². The monoisotopic (exact) mass is 209 g/mol. The Hall–Kier alpha value is -2.24. The molecular weight excluding hydrogens is 202 g/mol. The van der Waals surface area contributed by atoms with Gasteiger partial charge in [0.05, 0.1) is 4.92 Å². The lowest BCUT2D eigenvalue weighted by atomic mass is 10.0. The summed E-state index contributed by atoms with van der Waals surface area (Å²) in [7, 11) is 0. The van der Waals surface area contributed by atoms with E-state index >= 15 is 0 Å². The minimum Gasteiger partial charge on any atom is -0.480 e. The van der Waals surface area contributed by atoms with Crippen molar-refractivity contribution in [1.29, 1.82) is 0 Å². The Morgan fingerprint density at radius 3 is 2.27 bits per heavy atom. The fourth-order valence-corrected chi connectivity index (χ4v) is 1.08. The number of carboxylic acids is 1. The number of nitro benzene ring substituents is 1. The van der Waals surface area contributed by atoms with Gasteiger partial charge in [0, 0.05) is 12.1 Å². The SMILES string of the molecule is O=CC(C(=O)O)c1ccc([N+](=O)[O-])cc1. The minimum atomic E-state index is -1.28. The zero-order chi connectivity index (χ0) is 11.4. The van der Waals surface area contributed by atoms with E-state index in [2.05, 4.69) is 0 Å². The van der Waals surface area contributed by atoms with Crippen LogP contribution >= 0.6 is 0 Å². The summed E-state index contributed by atoms with van der Waals surface area (Å²) in [5.74, 6) is -2.55. The van der Waals surface area contributed by atoms with Crippen LogP contribution in [0, 0.1) is 10.1 Å². The van der Waals surface area contributed by atoms with E-state index in [1.54, 1.807) is 0 Å². The Labute approximate surface area is 84.3 Å². The summed E-state index contributed by atoms with van der Waals surface area (Å²) in [4.78, 5) is 30.7. The second-order valence-electron chi connectivity index (χ2n) is 2.80. The maximum atomic E-state index is 10.6. The quantitative estimate of drug-likeness (QED) is 0.344. The van der Waals surface area contributed by atoms with Gasteiger partial charge in [-0.1, -0.05) is 12.1 Å². The fourth-order valence-electron chi connectivity index (χ4n) is 1.08. The molecule has 15 heavy (non-hydrogen) atoms. The molecule has 1 rings (SSSR count). The summed E-state index contributed by atoms with van der Waals surface area (Å²) in [6.07, 6.45) is 0.281. The number of nitro groups is 1.